The van der Waals surface area contributed by atoms with Crippen LogP contribution >= 0.6 is 12.2 Å². The van der Waals surface area contributed by atoms with Crippen molar-refractivity contribution in [2.24, 2.45) is 11.5 Å². The zero-order valence-corrected chi connectivity index (χ0v) is 5.70. The van der Waals surface area contributed by atoms with Crippen LogP contribution in [0.5, 0.6) is 0 Å². The molecular weight excluding hydrogens is 156 g/mol. The SMILES string of the molecule is NC(=O)NC(=S)NC(N)=O. The third-order valence-corrected chi connectivity index (χ3v) is 0.678. The summed E-state index contributed by atoms with van der Waals surface area (Å²) in [5.41, 5.74) is 9.28. The molecule has 4 amide bonds. The number of nitrogens with two attached hydrogens (primary N) is 2. The van der Waals surface area contributed by atoms with Crippen LogP contribution in [0, 0.1) is 0 Å². The van der Waals surface area contributed by atoms with Crippen molar-refractivity contribution in [3.8, 4) is 0 Å². The van der Waals surface area contributed by atoms with Gasteiger partial charge in [0.25, 0.3) is 0 Å². The molecule has 0 heterocycles. The van der Waals surface area contributed by atoms with Gasteiger partial charge in [0.2, 0.25) is 0 Å². The molecule has 0 spiro atoms. The van der Waals surface area contributed by atoms with Crippen LogP contribution in [0.2, 0.25) is 0 Å². The average Bonchev–Trinajstić information content (AvgIpc) is 1.58. The van der Waals surface area contributed by atoms with Crippen molar-refractivity contribution in [1.29, 1.82) is 0 Å². The second kappa shape index (κ2) is 3.62. The Hall–Kier alpha value is -1.37. The number of nitrogens with one attached hydrogen (secondary N) is 2. The molecule has 0 fully saturated rings. The third-order valence-electron chi connectivity index (χ3n) is 0.473. The van der Waals surface area contributed by atoms with Crippen LogP contribution in [-0.4, -0.2) is 17.2 Å². The Labute approximate surface area is 61.9 Å². The lowest BCUT2D eigenvalue weighted by Crippen LogP contribution is -2.46. The van der Waals surface area contributed by atoms with Gasteiger partial charge in [0, 0.05) is 0 Å². The summed E-state index contributed by atoms with van der Waals surface area (Å²) < 4.78 is 0. The average molecular weight is 162 g/mol. The molecule has 6 nitrogen and oxygen atoms in total. The topological polar surface area (TPSA) is 110 Å². The number of hydrogen-bond donors (Lipinski definition) is 4. The third kappa shape index (κ3) is 4.78. The van der Waals surface area contributed by atoms with Gasteiger partial charge in [0.1, 0.15) is 0 Å². The molecule has 0 unspecified atom stereocenters. The Morgan fingerprint density at radius 3 is 1.60 bits per heavy atom. The van der Waals surface area contributed by atoms with Crippen LogP contribution in [0.1, 0.15) is 0 Å². The number of thiocarbonyl (C=S) groups is 1. The second-order valence-electron chi connectivity index (χ2n) is 1.31. The van der Waals surface area contributed by atoms with Gasteiger partial charge in [-0.25, -0.2) is 9.59 Å². The fraction of sp³-hybridized carbons (Fsp3) is 0. The zero-order valence-electron chi connectivity index (χ0n) is 4.88. The number of urea groups is 2. The molecule has 0 aromatic rings. The van der Waals surface area contributed by atoms with Gasteiger partial charge in [-0.05, 0) is 12.2 Å². The Kier molecular flexibility index (Phi) is 3.12. The number of amides is 4. The van der Waals surface area contributed by atoms with E-state index in [0.29, 0.717) is 0 Å². The summed E-state index contributed by atoms with van der Waals surface area (Å²) >= 11 is 4.38. The van der Waals surface area contributed by atoms with Crippen molar-refractivity contribution < 1.29 is 9.59 Å². The monoisotopic (exact) mass is 162 g/mol. The molecule has 0 radical (unpaired) electrons. The second-order valence-corrected chi connectivity index (χ2v) is 1.72. The molecule has 0 saturated heterocycles. The number of hydrogen-bond acceptors (Lipinski definition) is 3. The van der Waals surface area contributed by atoms with Gasteiger partial charge in [0.05, 0.1) is 0 Å². The minimum atomic E-state index is -0.848. The quantitative estimate of drug-likeness (QED) is 0.329. The first-order valence-electron chi connectivity index (χ1n) is 2.19. The molecule has 0 aromatic carbocycles. The summed E-state index contributed by atoms with van der Waals surface area (Å²) in [5, 5.41) is 3.66. The lowest BCUT2D eigenvalue weighted by atomic mass is 10.9. The molecule has 0 aliphatic heterocycles. The maximum absolute atomic E-state index is 10.0. The summed E-state index contributed by atoms with van der Waals surface area (Å²) in [4.78, 5) is 20.0. The molecule has 0 saturated carbocycles. The number of carbonyl (C=O) groups is 2. The lowest BCUT2D eigenvalue weighted by molar-refractivity contribution is 0.251. The van der Waals surface area contributed by atoms with E-state index < -0.39 is 12.1 Å². The maximum Gasteiger partial charge on any atom is 0.318 e. The molecule has 10 heavy (non-hydrogen) atoms. The summed E-state index contributed by atoms with van der Waals surface area (Å²) in [6.45, 7) is 0. The Bertz CT molecular complexity index is 161. The fourth-order valence-corrected chi connectivity index (χ4v) is 0.456. The van der Waals surface area contributed by atoms with E-state index in [4.69, 9.17) is 0 Å². The van der Waals surface area contributed by atoms with Crippen molar-refractivity contribution in [3.63, 3.8) is 0 Å². The van der Waals surface area contributed by atoms with Crippen molar-refractivity contribution in [2.45, 2.75) is 0 Å². The predicted molar refractivity (Wildman–Crippen MR) is 38.0 cm³/mol. The summed E-state index contributed by atoms with van der Waals surface area (Å²) in [6.07, 6.45) is 0. The predicted octanol–water partition coefficient (Wildman–Crippen LogP) is -1.39. The highest BCUT2D eigenvalue weighted by Gasteiger charge is 1.99. The smallest absolute Gasteiger partial charge is 0.318 e. The number of rotatable bonds is 0. The minimum Gasteiger partial charge on any atom is -0.351 e. The molecule has 0 aliphatic carbocycles. The highest BCUT2D eigenvalue weighted by molar-refractivity contribution is 7.80. The first-order chi connectivity index (χ1) is 4.52. The number of primary amides is 2. The Balaban J connectivity index is 3.65. The molecule has 0 aliphatic rings. The van der Waals surface area contributed by atoms with E-state index in [1.54, 1.807) is 0 Å². The maximum atomic E-state index is 10.0. The van der Waals surface area contributed by atoms with Gasteiger partial charge in [-0.1, -0.05) is 0 Å². The molecular formula is C3H6N4O2S. The van der Waals surface area contributed by atoms with Gasteiger partial charge in [-0.2, -0.15) is 0 Å². The lowest BCUT2D eigenvalue weighted by Gasteiger charge is -2.01. The minimum absolute atomic E-state index is 0.208. The molecule has 56 valence electrons. The van der Waals surface area contributed by atoms with Crippen LogP contribution in [0.4, 0.5) is 9.59 Å². The van der Waals surface area contributed by atoms with Crippen LogP contribution < -0.4 is 22.1 Å². The van der Waals surface area contributed by atoms with Crippen LogP contribution in [0.15, 0.2) is 0 Å². The molecule has 6 N–H and O–H groups in total. The molecule has 0 rings (SSSR count). The standard InChI is InChI=1S/C3H6N4O2S/c4-1(8)6-3(10)7-2(5)9/h(H6,4,5,6,7,8,9,10). The molecule has 0 atom stereocenters. The first-order valence-corrected chi connectivity index (χ1v) is 2.60. The largest absolute Gasteiger partial charge is 0.351 e. The fourth-order valence-electron chi connectivity index (χ4n) is 0.255. The normalized spacial score (nSPS) is 8.00. The van der Waals surface area contributed by atoms with Gasteiger partial charge in [-0.3, -0.25) is 10.6 Å². The highest BCUT2D eigenvalue weighted by Crippen LogP contribution is 1.64. The number of carbonyl (C=O) groups excluding carboxylic acids is 2. The van der Waals surface area contributed by atoms with E-state index in [1.165, 1.54) is 0 Å². The van der Waals surface area contributed by atoms with Gasteiger partial charge in [0.15, 0.2) is 5.11 Å². The van der Waals surface area contributed by atoms with Gasteiger partial charge < -0.3 is 11.5 Å². The van der Waals surface area contributed by atoms with E-state index in [0.717, 1.165) is 0 Å². The summed E-state index contributed by atoms with van der Waals surface area (Å²) in [5.74, 6) is 0. The van der Waals surface area contributed by atoms with Crippen molar-refractivity contribution in [3.05, 3.63) is 0 Å². The summed E-state index contributed by atoms with van der Waals surface area (Å²) in [7, 11) is 0. The Morgan fingerprint density at radius 1 is 1.10 bits per heavy atom. The van der Waals surface area contributed by atoms with Crippen LogP contribution in [0.3, 0.4) is 0 Å². The first kappa shape index (κ1) is 8.63. The van der Waals surface area contributed by atoms with Crippen LogP contribution in [-0.2, 0) is 0 Å². The van der Waals surface area contributed by atoms with E-state index in [2.05, 4.69) is 23.7 Å². The van der Waals surface area contributed by atoms with Crippen molar-refractivity contribution >= 4 is 29.4 Å². The van der Waals surface area contributed by atoms with Crippen LogP contribution in [0.25, 0.3) is 0 Å². The Morgan fingerprint density at radius 2 is 1.40 bits per heavy atom. The summed E-state index contributed by atoms with van der Waals surface area (Å²) in [6, 6.07) is -1.70. The van der Waals surface area contributed by atoms with Gasteiger partial charge >= 0.3 is 12.1 Å². The van der Waals surface area contributed by atoms with E-state index in [-0.39, 0.29) is 5.11 Å². The van der Waals surface area contributed by atoms with Gasteiger partial charge in [-0.15, -0.1) is 0 Å². The van der Waals surface area contributed by atoms with Crippen molar-refractivity contribution in [2.75, 3.05) is 0 Å². The molecule has 7 heteroatoms. The highest BCUT2D eigenvalue weighted by atomic mass is 32.1. The van der Waals surface area contributed by atoms with Crippen molar-refractivity contribution in [1.82, 2.24) is 10.6 Å². The molecule has 0 bridgehead atoms. The van der Waals surface area contributed by atoms with E-state index >= 15 is 0 Å². The van der Waals surface area contributed by atoms with E-state index in [1.807, 2.05) is 10.6 Å². The zero-order chi connectivity index (χ0) is 8.15. The molecule has 0 aromatic heterocycles. The van der Waals surface area contributed by atoms with E-state index in [9.17, 15) is 9.59 Å².